The summed E-state index contributed by atoms with van der Waals surface area (Å²) >= 11 is 1.77. The first-order valence-corrected chi connectivity index (χ1v) is 5.63. The van der Waals surface area contributed by atoms with E-state index in [4.69, 9.17) is 5.73 Å². The van der Waals surface area contributed by atoms with Crippen LogP contribution in [0.4, 0.5) is 11.4 Å². The van der Waals surface area contributed by atoms with Gasteiger partial charge in [0.05, 0.1) is 0 Å². The van der Waals surface area contributed by atoms with Crippen molar-refractivity contribution in [2.24, 2.45) is 4.99 Å². The summed E-state index contributed by atoms with van der Waals surface area (Å²) in [5.41, 5.74) is 7.43. The van der Waals surface area contributed by atoms with Crippen LogP contribution in [-0.4, -0.2) is 17.5 Å². The topological polar surface area (TPSA) is 50.4 Å². The molecular weight excluding hydrogens is 194 g/mol. The molecule has 74 valence electrons. The first-order valence-electron chi connectivity index (χ1n) is 4.64. The van der Waals surface area contributed by atoms with E-state index in [0.717, 1.165) is 28.8 Å². The van der Waals surface area contributed by atoms with Gasteiger partial charge in [0, 0.05) is 23.7 Å². The number of thioether (sulfide) groups is 1. The Balaban J connectivity index is 2.03. The summed E-state index contributed by atoms with van der Waals surface area (Å²) < 4.78 is 0. The number of nitrogens with two attached hydrogens (primary N) is 1. The van der Waals surface area contributed by atoms with Crippen LogP contribution in [0.2, 0.25) is 0 Å². The van der Waals surface area contributed by atoms with Crippen LogP contribution in [0.1, 0.15) is 6.42 Å². The summed E-state index contributed by atoms with van der Waals surface area (Å²) in [5.74, 6) is 1.15. The summed E-state index contributed by atoms with van der Waals surface area (Å²) in [6.07, 6.45) is 1.18. The quantitative estimate of drug-likeness (QED) is 0.694. The van der Waals surface area contributed by atoms with Crippen LogP contribution >= 0.6 is 11.8 Å². The number of nitrogens with one attached hydrogen (secondary N) is 1. The molecule has 0 aliphatic carbocycles. The van der Waals surface area contributed by atoms with Crippen LogP contribution in [0.25, 0.3) is 0 Å². The average Bonchev–Trinajstić information content (AvgIpc) is 2.23. The van der Waals surface area contributed by atoms with Gasteiger partial charge in [-0.1, -0.05) is 11.8 Å². The Hall–Kier alpha value is -1.16. The zero-order chi connectivity index (χ0) is 9.80. The SMILES string of the molecule is Nc1ccc(NC2=NCCCS2)cc1. The minimum Gasteiger partial charge on any atom is -0.399 e. The molecule has 0 aromatic heterocycles. The number of hydrogen-bond donors (Lipinski definition) is 2. The Morgan fingerprint density at radius 1 is 1.29 bits per heavy atom. The van der Waals surface area contributed by atoms with E-state index >= 15 is 0 Å². The third-order valence-electron chi connectivity index (χ3n) is 1.96. The molecule has 0 amide bonds. The lowest BCUT2D eigenvalue weighted by atomic mass is 10.3. The molecule has 0 fully saturated rings. The molecule has 2 rings (SSSR count). The normalized spacial score (nSPS) is 16.1. The van der Waals surface area contributed by atoms with E-state index in [0.29, 0.717) is 0 Å². The molecule has 0 bridgehead atoms. The maximum absolute atomic E-state index is 5.60. The molecule has 14 heavy (non-hydrogen) atoms. The maximum atomic E-state index is 5.60. The second kappa shape index (κ2) is 4.37. The second-order valence-corrected chi connectivity index (χ2v) is 4.22. The van der Waals surface area contributed by atoms with Gasteiger partial charge in [0.2, 0.25) is 0 Å². The minimum atomic E-state index is 0.786. The summed E-state index contributed by atoms with van der Waals surface area (Å²) in [7, 11) is 0. The van der Waals surface area contributed by atoms with Crippen LogP contribution in [0.3, 0.4) is 0 Å². The van der Waals surface area contributed by atoms with Crippen molar-refractivity contribution in [1.29, 1.82) is 0 Å². The lowest BCUT2D eigenvalue weighted by Gasteiger charge is -2.13. The largest absolute Gasteiger partial charge is 0.399 e. The molecule has 0 spiro atoms. The van der Waals surface area contributed by atoms with Crippen molar-refractivity contribution in [3.63, 3.8) is 0 Å². The number of nitrogen functional groups attached to an aromatic ring is 1. The van der Waals surface area contributed by atoms with Gasteiger partial charge < -0.3 is 11.1 Å². The zero-order valence-corrected chi connectivity index (χ0v) is 8.68. The van der Waals surface area contributed by atoms with E-state index < -0.39 is 0 Å². The summed E-state index contributed by atoms with van der Waals surface area (Å²) in [6.45, 7) is 0.935. The Bertz CT molecular complexity index is 332. The van der Waals surface area contributed by atoms with Crippen LogP contribution < -0.4 is 11.1 Å². The molecule has 3 nitrogen and oxygen atoms in total. The van der Waals surface area contributed by atoms with Gasteiger partial charge in [0.25, 0.3) is 0 Å². The molecule has 1 aliphatic heterocycles. The summed E-state index contributed by atoms with van der Waals surface area (Å²) in [5, 5.41) is 4.28. The number of amidine groups is 1. The highest BCUT2D eigenvalue weighted by Gasteiger charge is 2.05. The molecular formula is C10H13N3S. The molecule has 0 saturated heterocycles. The fraction of sp³-hybridized carbons (Fsp3) is 0.300. The zero-order valence-electron chi connectivity index (χ0n) is 7.86. The highest BCUT2D eigenvalue weighted by Crippen LogP contribution is 2.16. The second-order valence-electron chi connectivity index (χ2n) is 3.14. The molecule has 0 saturated carbocycles. The first kappa shape index (κ1) is 9.40. The first-order chi connectivity index (χ1) is 6.84. The van der Waals surface area contributed by atoms with Crippen molar-refractivity contribution in [2.75, 3.05) is 23.3 Å². The number of hydrogen-bond acceptors (Lipinski definition) is 4. The van der Waals surface area contributed by atoms with Crippen molar-refractivity contribution in [3.05, 3.63) is 24.3 Å². The van der Waals surface area contributed by atoms with Crippen LogP contribution in [0.15, 0.2) is 29.3 Å². The molecule has 0 radical (unpaired) electrons. The molecule has 3 N–H and O–H groups in total. The van der Waals surface area contributed by atoms with Gasteiger partial charge in [-0.05, 0) is 30.7 Å². The third kappa shape index (κ3) is 2.42. The summed E-state index contributed by atoms with van der Waals surface area (Å²) in [6, 6.07) is 7.70. The van der Waals surface area contributed by atoms with Gasteiger partial charge in [-0.25, -0.2) is 0 Å². The molecule has 1 aliphatic rings. The molecule has 4 heteroatoms. The number of benzene rings is 1. The average molecular weight is 207 g/mol. The van der Waals surface area contributed by atoms with Crippen LogP contribution in [0, 0.1) is 0 Å². The molecule has 1 aromatic rings. The van der Waals surface area contributed by atoms with Crippen LogP contribution in [0.5, 0.6) is 0 Å². The van der Waals surface area contributed by atoms with Crippen molar-refractivity contribution in [3.8, 4) is 0 Å². The van der Waals surface area contributed by atoms with Gasteiger partial charge in [-0.15, -0.1) is 0 Å². The monoisotopic (exact) mass is 207 g/mol. The number of anilines is 2. The highest BCUT2D eigenvalue weighted by atomic mass is 32.2. The van der Waals surface area contributed by atoms with Gasteiger partial charge in [-0.3, -0.25) is 4.99 Å². The predicted octanol–water partition coefficient (Wildman–Crippen LogP) is 2.17. The Morgan fingerprint density at radius 2 is 2.07 bits per heavy atom. The summed E-state index contributed by atoms with van der Waals surface area (Å²) in [4.78, 5) is 4.38. The van der Waals surface area contributed by atoms with E-state index in [1.54, 1.807) is 11.8 Å². The molecule has 1 aromatic carbocycles. The lowest BCUT2D eigenvalue weighted by molar-refractivity contribution is 0.938. The van der Waals surface area contributed by atoms with Crippen molar-refractivity contribution in [1.82, 2.24) is 0 Å². The molecule has 0 atom stereocenters. The Morgan fingerprint density at radius 3 is 2.71 bits per heavy atom. The van der Waals surface area contributed by atoms with Gasteiger partial charge in [-0.2, -0.15) is 0 Å². The van der Waals surface area contributed by atoms with Crippen LogP contribution in [-0.2, 0) is 0 Å². The fourth-order valence-electron chi connectivity index (χ4n) is 1.23. The van der Waals surface area contributed by atoms with E-state index in [1.807, 2.05) is 24.3 Å². The molecule has 0 unspecified atom stereocenters. The number of nitrogens with zero attached hydrogens (tertiary/aromatic N) is 1. The van der Waals surface area contributed by atoms with E-state index in [2.05, 4.69) is 10.3 Å². The van der Waals surface area contributed by atoms with E-state index in [9.17, 15) is 0 Å². The smallest absolute Gasteiger partial charge is 0.161 e. The predicted molar refractivity (Wildman–Crippen MR) is 63.9 cm³/mol. The standard InChI is InChI=1S/C10H13N3S/c11-8-2-4-9(5-3-8)13-10-12-6-1-7-14-10/h2-5H,1,6-7,11H2,(H,12,13). The van der Waals surface area contributed by atoms with Crippen molar-refractivity contribution < 1.29 is 0 Å². The number of rotatable bonds is 1. The minimum absolute atomic E-state index is 0.786. The van der Waals surface area contributed by atoms with Gasteiger partial charge >= 0.3 is 0 Å². The van der Waals surface area contributed by atoms with Gasteiger partial charge in [0.15, 0.2) is 5.17 Å². The Kier molecular flexibility index (Phi) is 2.93. The van der Waals surface area contributed by atoms with Gasteiger partial charge in [0.1, 0.15) is 0 Å². The third-order valence-corrected chi connectivity index (χ3v) is 2.96. The molecule has 1 heterocycles. The maximum Gasteiger partial charge on any atom is 0.161 e. The van der Waals surface area contributed by atoms with E-state index in [-0.39, 0.29) is 0 Å². The highest BCUT2D eigenvalue weighted by molar-refractivity contribution is 8.14. The van der Waals surface area contributed by atoms with E-state index in [1.165, 1.54) is 6.42 Å². The Labute approximate surface area is 87.8 Å². The fourth-order valence-corrected chi connectivity index (χ4v) is 2.06. The van der Waals surface area contributed by atoms with Crippen molar-refractivity contribution >= 4 is 28.3 Å². The number of aliphatic imine (C=N–C) groups is 1. The lowest BCUT2D eigenvalue weighted by Crippen LogP contribution is -2.13. The van der Waals surface area contributed by atoms with Crippen molar-refractivity contribution in [2.45, 2.75) is 6.42 Å².